The van der Waals surface area contributed by atoms with Crippen molar-refractivity contribution in [1.82, 2.24) is 5.32 Å². The minimum absolute atomic E-state index is 0.210. The summed E-state index contributed by atoms with van der Waals surface area (Å²) in [6, 6.07) is 7.37. The normalized spacial score (nSPS) is 17.2. The lowest BCUT2D eigenvalue weighted by atomic mass is 10.0. The van der Waals surface area contributed by atoms with Gasteiger partial charge in [0, 0.05) is 17.3 Å². The zero-order chi connectivity index (χ0) is 12.5. The second-order valence-electron chi connectivity index (χ2n) is 5.25. The fourth-order valence-corrected chi connectivity index (χ4v) is 2.21. The molecule has 1 heterocycles. The van der Waals surface area contributed by atoms with Crippen LogP contribution in [0.1, 0.15) is 37.9 Å². The predicted octanol–water partition coefficient (Wildman–Crippen LogP) is 3.82. The van der Waals surface area contributed by atoms with Gasteiger partial charge in [-0.25, -0.2) is 4.39 Å². The molecule has 0 saturated heterocycles. The summed E-state index contributed by atoms with van der Waals surface area (Å²) in [5.41, 5.74) is 0.772. The standard InChI is InChI=1S/C15H18FNO/c1-10(6-7-17-13-3-4-13)15-9-11-8-12(16)2-5-14(11)18-15/h2,5,8-10,13,17H,3-4,6-7H2,1H3. The van der Waals surface area contributed by atoms with Gasteiger partial charge in [0.15, 0.2) is 0 Å². The van der Waals surface area contributed by atoms with Gasteiger partial charge in [0.25, 0.3) is 0 Å². The summed E-state index contributed by atoms with van der Waals surface area (Å²) >= 11 is 0. The minimum atomic E-state index is -0.210. The van der Waals surface area contributed by atoms with E-state index >= 15 is 0 Å². The first-order valence-electron chi connectivity index (χ1n) is 6.65. The quantitative estimate of drug-likeness (QED) is 0.869. The molecule has 0 aliphatic heterocycles. The maximum atomic E-state index is 13.1. The van der Waals surface area contributed by atoms with Crippen LogP contribution in [0, 0.1) is 5.82 Å². The second kappa shape index (κ2) is 4.73. The summed E-state index contributed by atoms with van der Waals surface area (Å²) in [6.45, 7) is 3.18. The van der Waals surface area contributed by atoms with Crippen molar-refractivity contribution >= 4 is 11.0 Å². The number of halogens is 1. The van der Waals surface area contributed by atoms with Gasteiger partial charge in [-0.2, -0.15) is 0 Å². The van der Waals surface area contributed by atoms with E-state index in [1.807, 2.05) is 6.07 Å². The van der Waals surface area contributed by atoms with Gasteiger partial charge in [-0.05, 0) is 50.1 Å². The maximum Gasteiger partial charge on any atom is 0.134 e. The SMILES string of the molecule is CC(CCNC1CC1)c1cc2cc(F)ccc2o1. The van der Waals surface area contributed by atoms with Crippen LogP contribution >= 0.6 is 0 Å². The van der Waals surface area contributed by atoms with Gasteiger partial charge in [-0.1, -0.05) is 6.92 Å². The molecule has 1 unspecified atom stereocenters. The zero-order valence-corrected chi connectivity index (χ0v) is 10.6. The molecular weight excluding hydrogens is 229 g/mol. The molecule has 96 valence electrons. The molecule has 2 nitrogen and oxygen atoms in total. The van der Waals surface area contributed by atoms with E-state index in [1.54, 1.807) is 6.07 Å². The Hall–Kier alpha value is -1.35. The molecule has 3 heteroatoms. The van der Waals surface area contributed by atoms with E-state index in [4.69, 9.17) is 4.42 Å². The number of benzene rings is 1. The summed E-state index contributed by atoms with van der Waals surface area (Å²) < 4.78 is 18.9. The number of hydrogen-bond acceptors (Lipinski definition) is 2. The van der Waals surface area contributed by atoms with E-state index in [-0.39, 0.29) is 5.82 Å². The molecule has 1 aromatic heterocycles. The molecule has 1 aliphatic rings. The fraction of sp³-hybridized carbons (Fsp3) is 0.467. The molecule has 18 heavy (non-hydrogen) atoms. The first kappa shape index (κ1) is 11.7. The fourth-order valence-electron chi connectivity index (χ4n) is 2.21. The highest BCUT2D eigenvalue weighted by Crippen LogP contribution is 2.27. The molecule has 3 rings (SSSR count). The third kappa shape index (κ3) is 2.56. The Balaban J connectivity index is 1.67. The summed E-state index contributed by atoms with van der Waals surface area (Å²) in [5.74, 6) is 1.11. The molecule has 1 N–H and O–H groups in total. The Morgan fingerprint density at radius 3 is 3.00 bits per heavy atom. The molecular formula is C15H18FNO. The lowest BCUT2D eigenvalue weighted by molar-refractivity contribution is 0.477. The molecule has 2 aromatic rings. The van der Waals surface area contributed by atoms with Crippen LogP contribution in [0.5, 0.6) is 0 Å². The molecule has 0 amide bonds. The maximum absolute atomic E-state index is 13.1. The van der Waals surface area contributed by atoms with Crippen LogP contribution in [0.4, 0.5) is 4.39 Å². The predicted molar refractivity (Wildman–Crippen MR) is 70.2 cm³/mol. The number of hydrogen-bond donors (Lipinski definition) is 1. The average molecular weight is 247 g/mol. The van der Waals surface area contributed by atoms with Gasteiger partial charge < -0.3 is 9.73 Å². The number of nitrogens with one attached hydrogen (secondary N) is 1. The third-order valence-electron chi connectivity index (χ3n) is 3.57. The molecule has 1 aliphatic carbocycles. The molecule has 0 bridgehead atoms. The summed E-state index contributed by atoms with van der Waals surface area (Å²) in [6.07, 6.45) is 3.69. The van der Waals surface area contributed by atoms with E-state index < -0.39 is 0 Å². The monoisotopic (exact) mass is 247 g/mol. The molecule has 1 fully saturated rings. The summed E-state index contributed by atoms with van der Waals surface area (Å²) in [4.78, 5) is 0. The van der Waals surface area contributed by atoms with Crippen molar-refractivity contribution in [1.29, 1.82) is 0 Å². The van der Waals surface area contributed by atoms with Crippen LogP contribution < -0.4 is 5.32 Å². The largest absolute Gasteiger partial charge is 0.461 e. The van der Waals surface area contributed by atoms with Crippen molar-refractivity contribution in [3.05, 3.63) is 35.8 Å². The van der Waals surface area contributed by atoms with Gasteiger partial charge >= 0.3 is 0 Å². The van der Waals surface area contributed by atoms with E-state index in [1.165, 1.54) is 25.0 Å². The Bertz CT molecular complexity index is 544. The van der Waals surface area contributed by atoms with Gasteiger partial charge in [0.2, 0.25) is 0 Å². The molecule has 1 atom stereocenters. The summed E-state index contributed by atoms with van der Waals surface area (Å²) in [7, 11) is 0. The lowest BCUT2D eigenvalue weighted by Gasteiger charge is -2.08. The Morgan fingerprint density at radius 2 is 2.22 bits per heavy atom. The van der Waals surface area contributed by atoms with E-state index in [0.29, 0.717) is 5.92 Å². The van der Waals surface area contributed by atoms with Gasteiger partial charge in [-0.3, -0.25) is 0 Å². The van der Waals surface area contributed by atoms with Gasteiger partial charge in [-0.15, -0.1) is 0 Å². The molecule has 1 saturated carbocycles. The number of fused-ring (bicyclic) bond motifs is 1. The van der Waals surface area contributed by atoms with Crippen LogP contribution in [0.3, 0.4) is 0 Å². The second-order valence-corrected chi connectivity index (χ2v) is 5.25. The highest BCUT2D eigenvalue weighted by Gasteiger charge is 2.20. The van der Waals surface area contributed by atoms with Gasteiger partial charge in [0.05, 0.1) is 0 Å². The van der Waals surface area contributed by atoms with E-state index in [0.717, 1.165) is 35.7 Å². The van der Waals surface area contributed by atoms with Crippen LogP contribution in [0.15, 0.2) is 28.7 Å². The van der Waals surface area contributed by atoms with Crippen molar-refractivity contribution in [2.45, 2.75) is 38.1 Å². The van der Waals surface area contributed by atoms with Crippen LogP contribution in [0.2, 0.25) is 0 Å². The molecule has 0 radical (unpaired) electrons. The molecule has 1 aromatic carbocycles. The van der Waals surface area contributed by atoms with Crippen molar-refractivity contribution in [2.75, 3.05) is 6.54 Å². The Morgan fingerprint density at radius 1 is 1.39 bits per heavy atom. The van der Waals surface area contributed by atoms with Crippen molar-refractivity contribution in [3.63, 3.8) is 0 Å². The van der Waals surface area contributed by atoms with Crippen molar-refractivity contribution in [2.24, 2.45) is 0 Å². The average Bonchev–Trinajstić information content (AvgIpc) is 3.06. The first-order valence-corrected chi connectivity index (χ1v) is 6.65. The third-order valence-corrected chi connectivity index (χ3v) is 3.57. The van der Waals surface area contributed by atoms with E-state index in [9.17, 15) is 4.39 Å². The lowest BCUT2D eigenvalue weighted by Crippen LogP contribution is -2.18. The van der Waals surface area contributed by atoms with Crippen molar-refractivity contribution in [3.8, 4) is 0 Å². The first-order chi connectivity index (χ1) is 8.72. The van der Waals surface area contributed by atoms with E-state index in [2.05, 4.69) is 12.2 Å². The summed E-state index contributed by atoms with van der Waals surface area (Å²) in [5, 5.41) is 4.35. The highest BCUT2D eigenvalue weighted by atomic mass is 19.1. The number of furan rings is 1. The van der Waals surface area contributed by atoms with Crippen LogP contribution in [-0.2, 0) is 0 Å². The topological polar surface area (TPSA) is 25.2 Å². The molecule has 0 spiro atoms. The zero-order valence-electron chi connectivity index (χ0n) is 10.6. The minimum Gasteiger partial charge on any atom is -0.461 e. The number of rotatable bonds is 5. The smallest absolute Gasteiger partial charge is 0.134 e. The van der Waals surface area contributed by atoms with Gasteiger partial charge in [0.1, 0.15) is 17.2 Å². The highest BCUT2D eigenvalue weighted by molar-refractivity contribution is 5.78. The van der Waals surface area contributed by atoms with Crippen LogP contribution in [-0.4, -0.2) is 12.6 Å². The van der Waals surface area contributed by atoms with Crippen molar-refractivity contribution < 1.29 is 8.81 Å². The Labute approximate surface area is 106 Å². The Kier molecular flexibility index (Phi) is 3.08. The van der Waals surface area contributed by atoms with Crippen LogP contribution in [0.25, 0.3) is 11.0 Å².